The van der Waals surface area contributed by atoms with Gasteiger partial charge in [-0.2, -0.15) is 0 Å². The Labute approximate surface area is 89.0 Å². The third kappa shape index (κ3) is 2.24. The largest absolute Gasteiger partial charge is 0.373 e. The summed E-state index contributed by atoms with van der Waals surface area (Å²) in [6.45, 7) is 1.92. The van der Waals surface area contributed by atoms with Crippen LogP contribution in [-0.2, 0) is 4.74 Å². The quantitative estimate of drug-likeness (QED) is 0.574. The molecule has 0 amide bonds. The van der Waals surface area contributed by atoms with Gasteiger partial charge in [-0.1, -0.05) is 0 Å². The summed E-state index contributed by atoms with van der Waals surface area (Å²) in [6, 6.07) is 1.81. The Balaban J connectivity index is 2.28. The molecule has 1 aliphatic rings. The molecule has 0 bridgehead atoms. The van der Waals surface area contributed by atoms with Gasteiger partial charge in [0.2, 0.25) is 0 Å². The highest BCUT2D eigenvalue weighted by atomic mass is 16.5. The van der Waals surface area contributed by atoms with Crippen molar-refractivity contribution >= 4 is 5.82 Å². The normalized spacial score (nSPS) is 17.5. The van der Waals surface area contributed by atoms with Crippen molar-refractivity contribution in [1.29, 1.82) is 0 Å². The Hall–Kier alpha value is -1.20. The van der Waals surface area contributed by atoms with E-state index >= 15 is 0 Å². The number of nitrogen functional groups attached to an aromatic ring is 1. The molecule has 1 unspecified atom stereocenters. The van der Waals surface area contributed by atoms with Gasteiger partial charge in [-0.3, -0.25) is 0 Å². The van der Waals surface area contributed by atoms with Crippen molar-refractivity contribution in [2.45, 2.75) is 25.9 Å². The maximum atomic E-state index is 5.42. The maximum Gasteiger partial charge on any atom is 0.160 e. The van der Waals surface area contributed by atoms with Crippen molar-refractivity contribution in [1.82, 2.24) is 9.97 Å². The third-order valence-corrected chi connectivity index (χ3v) is 2.58. The summed E-state index contributed by atoms with van der Waals surface area (Å²) in [4.78, 5) is 8.69. The molecule has 1 atom stereocenters. The molecule has 15 heavy (non-hydrogen) atoms. The molecular weight excluding hydrogens is 192 g/mol. The number of methoxy groups -OCH3 is 1. The Morgan fingerprint density at radius 3 is 2.80 bits per heavy atom. The van der Waals surface area contributed by atoms with Crippen LogP contribution in [0.15, 0.2) is 6.07 Å². The molecule has 1 heterocycles. The van der Waals surface area contributed by atoms with Crippen molar-refractivity contribution < 1.29 is 4.74 Å². The van der Waals surface area contributed by atoms with Crippen LogP contribution >= 0.6 is 0 Å². The average Bonchev–Trinajstić information content (AvgIpc) is 3.02. The maximum absolute atomic E-state index is 5.42. The molecule has 1 aromatic rings. The zero-order valence-corrected chi connectivity index (χ0v) is 9.03. The molecule has 2 rings (SSSR count). The van der Waals surface area contributed by atoms with Gasteiger partial charge in [0.25, 0.3) is 0 Å². The summed E-state index contributed by atoms with van der Waals surface area (Å²) in [5.74, 6) is 7.28. The molecule has 0 spiro atoms. The fourth-order valence-electron chi connectivity index (χ4n) is 1.70. The summed E-state index contributed by atoms with van der Waals surface area (Å²) < 4.78 is 5.42. The first kappa shape index (κ1) is 10.3. The first-order valence-corrected chi connectivity index (χ1v) is 5.09. The van der Waals surface area contributed by atoms with Crippen LogP contribution in [0, 0.1) is 12.8 Å². The second kappa shape index (κ2) is 4.12. The molecule has 5 heteroatoms. The number of nitrogens with two attached hydrogens (primary N) is 1. The van der Waals surface area contributed by atoms with Gasteiger partial charge < -0.3 is 10.2 Å². The topological polar surface area (TPSA) is 73.1 Å². The minimum Gasteiger partial charge on any atom is -0.373 e. The Bertz CT molecular complexity index is 351. The molecule has 0 aliphatic heterocycles. The van der Waals surface area contributed by atoms with E-state index in [9.17, 15) is 0 Å². The van der Waals surface area contributed by atoms with E-state index in [0.29, 0.717) is 11.7 Å². The van der Waals surface area contributed by atoms with Gasteiger partial charge in [-0.25, -0.2) is 15.8 Å². The van der Waals surface area contributed by atoms with Gasteiger partial charge in [-0.15, -0.1) is 0 Å². The number of nitrogens with zero attached hydrogens (tertiary/aromatic N) is 2. The molecule has 5 nitrogen and oxygen atoms in total. The summed E-state index contributed by atoms with van der Waals surface area (Å²) in [5.41, 5.74) is 3.44. The Kier molecular flexibility index (Phi) is 2.83. The molecular formula is C10H16N4O. The summed E-state index contributed by atoms with van der Waals surface area (Å²) >= 11 is 0. The van der Waals surface area contributed by atoms with Gasteiger partial charge in [0.1, 0.15) is 11.9 Å². The van der Waals surface area contributed by atoms with Crippen LogP contribution in [0.3, 0.4) is 0 Å². The first-order chi connectivity index (χ1) is 7.24. The smallest absolute Gasteiger partial charge is 0.160 e. The molecule has 3 N–H and O–H groups in total. The van der Waals surface area contributed by atoms with Crippen molar-refractivity contribution in [2.24, 2.45) is 11.8 Å². The number of hydrogen-bond acceptors (Lipinski definition) is 5. The standard InChI is InChI=1S/C10H16N4O/c1-6-5-8(14-11)13-10(12-6)9(15-2)7-3-4-7/h5,7,9H,3-4,11H2,1-2H3,(H,12,13,14). The zero-order valence-electron chi connectivity index (χ0n) is 9.03. The van der Waals surface area contributed by atoms with E-state index in [1.807, 2.05) is 13.0 Å². The van der Waals surface area contributed by atoms with Gasteiger partial charge in [0.15, 0.2) is 5.82 Å². The highest BCUT2D eigenvalue weighted by molar-refractivity contribution is 5.34. The molecule has 1 aliphatic carbocycles. The minimum absolute atomic E-state index is 0.0111. The number of aryl methyl sites for hydroxylation is 1. The van der Waals surface area contributed by atoms with Crippen LogP contribution < -0.4 is 11.3 Å². The van der Waals surface area contributed by atoms with E-state index in [4.69, 9.17) is 10.6 Å². The van der Waals surface area contributed by atoms with Crippen LogP contribution in [0.5, 0.6) is 0 Å². The van der Waals surface area contributed by atoms with E-state index in [2.05, 4.69) is 15.4 Å². The van der Waals surface area contributed by atoms with Crippen molar-refractivity contribution in [2.75, 3.05) is 12.5 Å². The third-order valence-electron chi connectivity index (χ3n) is 2.58. The molecule has 1 aromatic heterocycles. The Morgan fingerprint density at radius 1 is 1.53 bits per heavy atom. The number of hydrogen-bond donors (Lipinski definition) is 2. The Morgan fingerprint density at radius 2 is 2.27 bits per heavy atom. The number of aromatic nitrogens is 2. The van der Waals surface area contributed by atoms with Crippen LogP contribution in [-0.4, -0.2) is 17.1 Å². The van der Waals surface area contributed by atoms with Crippen LogP contribution in [0.25, 0.3) is 0 Å². The fraction of sp³-hybridized carbons (Fsp3) is 0.600. The molecule has 1 saturated carbocycles. The van der Waals surface area contributed by atoms with Crippen LogP contribution in [0.2, 0.25) is 0 Å². The van der Waals surface area contributed by atoms with Gasteiger partial charge in [0, 0.05) is 18.9 Å². The van der Waals surface area contributed by atoms with Crippen molar-refractivity contribution in [3.63, 3.8) is 0 Å². The van der Waals surface area contributed by atoms with Gasteiger partial charge in [-0.05, 0) is 25.7 Å². The van der Waals surface area contributed by atoms with Gasteiger partial charge >= 0.3 is 0 Å². The predicted molar refractivity (Wildman–Crippen MR) is 57.1 cm³/mol. The first-order valence-electron chi connectivity index (χ1n) is 5.09. The fourth-order valence-corrected chi connectivity index (χ4v) is 1.70. The molecule has 0 aromatic carbocycles. The summed E-state index contributed by atoms with van der Waals surface area (Å²) in [6.07, 6.45) is 2.40. The predicted octanol–water partition coefficient (Wildman–Crippen LogP) is 1.17. The number of hydrazine groups is 1. The molecule has 0 saturated heterocycles. The second-order valence-corrected chi connectivity index (χ2v) is 3.89. The number of rotatable bonds is 4. The number of ether oxygens (including phenoxy) is 1. The number of nitrogens with one attached hydrogen (secondary N) is 1. The van der Waals surface area contributed by atoms with Crippen molar-refractivity contribution in [3.8, 4) is 0 Å². The lowest BCUT2D eigenvalue weighted by atomic mass is 10.2. The van der Waals surface area contributed by atoms with Crippen molar-refractivity contribution in [3.05, 3.63) is 17.6 Å². The SMILES string of the molecule is COC(c1nc(C)cc(NN)n1)C1CC1. The lowest BCUT2D eigenvalue weighted by Crippen LogP contribution is -2.14. The molecule has 1 fully saturated rings. The van der Waals surface area contributed by atoms with E-state index in [1.165, 1.54) is 12.8 Å². The molecule has 0 radical (unpaired) electrons. The lowest BCUT2D eigenvalue weighted by Gasteiger charge is -2.14. The highest BCUT2D eigenvalue weighted by Crippen LogP contribution is 2.41. The van der Waals surface area contributed by atoms with Gasteiger partial charge in [0.05, 0.1) is 0 Å². The summed E-state index contributed by atoms with van der Waals surface area (Å²) in [5, 5.41) is 0. The molecule has 82 valence electrons. The minimum atomic E-state index is 0.0111. The van der Waals surface area contributed by atoms with Crippen LogP contribution in [0.1, 0.15) is 30.5 Å². The van der Waals surface area contributed by atoms with E-state index < -0.39 is 0 Å². The monoisotopic (exact) mass is 208 g/mol. The zero-order chi connectivity index (χ0) is 10.8. The lowest BCUT2D eigenvalue weighted by molar-refractivity contribution is 0.0772. The van der Waals surface area contributed by atoms with Crippen LogP contribution in [0.4, 0.5) is 5.82 Å². The second-order valence-electron chi connectivity index (χ2n) is 3.89. The number of anilines is 1. The highest BCUT2D eigenvalue weighted by Gasteiger charge is 2.34. The average molecular weight is 208 g/mol. The van der Waals surface area contributed by atoms with E-state index in [-0.39, 0.29) is 6.10 Å². The summed E-state index contributed by atoms with van der Waals surface area (Å²) in [7, 11) is 1.70. The van der Waals surface area contributed by atoms with E-state index in [1.54, 1.807) is 7.11 Å². The van der Waals surface area contributed by atoms with E-state index in [0.717, 1.165) is 11.5 Å².